The Labute approximate surface area is 118 Å². The highest BCUT2D eigenvalue weighted by molar-refractivity contribution is 7.89. The first-order valence-corrected chi connectivity index (χ1v) is 7.60. The van der Waals surface area contributed by atoms with Crippen molar-refractivity contribution in [2.24, 2.45) is 5.92 Å². The number of hydrogen-bond donors (Lipinski definition) is 2. The van der Waals surface area contributed by atoms with Crippen LogP contribution in [0.15, 0.2) is 17.0 Å². The summed E-state index contributed by atoms with van der Waals surface area (Å²) < 4.78 is 65.8. The molecule has 0 aromatic heterocycles. The Morgan fingerprint density at radius 3 is 2.29 bits per heavy atom. The van der Waals surface area contributed by atoms with E-state index in [4.69, 9.17) is 5.11 Å². The second kappa shape index (κ2) is 5.64. The lowest BCUT2D eigenvalue weighted by molar-refractivity contribution is -0.141. The maximum atomic E-state index is 13.5. The molecule has 1 aliphatic carbocycles. The lowest BCUT2D eigenvalue weighted by Gasteiger charge is -2.18. The van der Waals surface area contributed by atoms with Gasteiger partial charge in [0.25, 0.3) is 0 Å². The number of sulfonamides is 1. The molecule has 2 rings (SSSR count). The predicted molar refractivity (Wildman–Crippen MR) is 65.4 cm³/mol. The highest BCUT2D eigenvalue weighted by Crippen LogP contribution is 2.28. The molecule has 1 aliphatic rings. The fourth-order valence-electron chi connectivity index (χ4n) is 2.44. The number of aliphatic carboxylic acids is 1. The van der Waals surface area contributed by atoms with Crippen LogP contribution in [0.5, 0.6) is 0 Å². The lowest BCUT2D eigenvalue weighted by Crippen LogP contribution is -2.40. The molecule has 0 heterocycles. The van der Waals surface area contributed by atoms with Gasteiger partial charge in [-0.25, -0.2) is 26.3 Å². The molecule has 9 heteroatoms. The van der Waals surface area contributed by atoms with E-state index in [9.17, 15) is 26.4 Å². The summed E-state index contributed by atoms with van der Waals surface area (Å²) in [6.45, 7) is 0. The molecule has 0 radical (unpaired) electrons. The van der Waals surface area contributed by atoms with Crippen LogP contribution in [0.3, 0.4) is 0 Å². The minimum absolute atomic E-state index is 0.251. The van der Waals surface area contributed by atoms with Gasteiger partial charge in [-0.15, -0.1) is 0 Å². The highest BCUT2D eigenvalue weighted by Gasteiger charge is 2.37. The summed E-state index contributed by atoms with van der Waals surface area (Å²) in [5.74, 6) is -6.51. The number of nitrogens with one attached hydrogen (secondary N) is 1. The summed E-state index contributed by atoms with van der Waals surface area (Å²) in [5.41, 5.74) is 0. The van der Waals surface area contributed by atoms with Gasteiger partial charge < -0.3 is 5.11 Å². The average molecular weight is 323 g/mol. The Morgan fingerprint density at radius 1 is 1.19 bits per heavy atom. The molecule has 1 aromatic rings. The van der Waals surface area contributed by atoms with Crippen molar-refractivity contribution in [3.8, 4) is 0 Å². The molecule has 2 atom stereocenters. The minimum atomic E-state index is -4.62. The molecule has 0 aliphatic heterocycles. The van der Waals surface area contributed by atoms with Gasteiger partial charge in [-0.1, -0.05) is 6.42 Å². The van der Waals surface area contributed by atoms with Gasteiger partial charge in [0.1, 0.15) is 17.5 Å². The van der Waals surface area contributed by atoms with Gasteiger partial charge in [-0.3, -0.25) is 4.79 Å². The first-order chi connectivity index (χ1) is 9.72. The SMILES string of the molecule is O=C(O)C1CCCC1NS(=O)(=O)c1c(F)cc(F)cc1F. The molecule has 0 saturated heterocycles. The molecule has 1 aromatic carbocycles. The Hall–Kier alpha value is -1.61. The molecule has 1 saturated carbocycles. The van der Waals surface area contributed by atoms with E-state index in [1.807, 2.05) is 4.72 Å². The third-order valence-electron chi connectivity index (χ3n) is 3.37. The topological polar surface area (TPSA) is 83.5 Å². The van der Waals surface area contributed by atoms with E-state index in [0.29, 0.717) is 6.42 Å². The van der Waals surface area contributed by atoms with Crippen LogP contribution in [0.4, 0.5) is 13.2 Å². The molecule has 0 amide bonds. The summed E-state index contributed by atoms with van der Waals surface area (Å²) in [7, 11) is -4.62. The molecule has 0 bridgehead atoms. The molecular weight excluding hydrogens is 311 g/mol. The van der Waals surface area contributed by atoms with Crippen molar-refractivity contribution in [1.29, 1.82) is 0 Å². The van der Waals surface area contributed by atoms with E-state index in [-0.39, 0.29) is 25.0 Å². The summed E-state index contributed by atoms with van der Waals surface area (Å²) in [4.78, 5) is 9.67. The summed E-state index contributed by atoms with van der Waals surface area (Å²) >= 11 is 0. The molecule has 5 nitrogen and oxygen atoms in total. The van der Waals surface area contributed by atoms with Crippen LogP contribution >= 0.6 is 0 Å². The number of carboxylic acids is 1. The van der Waals surface area contributed by atoms with Gasteiger partial charge in [0.2, 0.25) is 10.0 Å². The summed E-state index contributed by atoms with van der Waals surface area (Å²) in [6.07, 6.45) is 1.01. The van der Waals surface area contributed by atoms with Gasteiger partial charge in [0, 0.05) is 18.2 Å². The van der Waals surface area contributed by atoms with Gasteiger partial charge in [0.05, 0.1) is 5.92 Å². The minimum Gasteiger partial charge on any atom is -0.481 e. The van der Waals surface area contributed by atoms with Crippen molar-refractivity contribution in [3.63, 3.8) is 0 Å². The van der Waals surface area contributed by atoms with E-state index in [2.05, 4.69) is 0 Å². The normalized spacial score (nSPS) is 22.4. The quantitative estimate of drug-likeness (QED) is 0.882. The second-order valence-corrected chi connectivity index (χ2v) is 6.45. The van der Waals surface area contributed by atoms with Gasteiger partial charge in [-0.2, -0.15) is 0 Å². The first-order valence-electron chi connectivity index (χ1n) is 6.12. The van der Waals surface area contributed by atoms with Crippen molar-refractivity contribution in [1.82, 2.24) is 4.72 Å². The van der Waals surface area contributed by atoms with E-state index < -0.39 is 50.3 Å². The van der Waals surface area contributed by atoms with Crippen molar-refractivity contribution >= 4 is 16.0 Å². The zero-order valence-corrected chi connectivity index (χ0v) is 11.5. The molecule has 2 unspecified atom stereocenters. The molecule has 1 fully saturated rings. The average Bonchev–Trinajstić information content (AvgIpc) is 2.73. The second-order valence-electron chi connectivity index (χ2n) is 4.80. The first kappa shape index (κ1) is 15.8. The maximum Gasteiger partial charge on any atom is 0.308 e. The van der Waals surface area contributed by atoms with E-state index in [1.54, 1.807) is 0 Å². The van der Waals surface area contributed by atoms with Crippen LogP contribution in [0.2, 0.25) is 0 Å². The predicted octanol–water partition coefficient (Wildman–Crippen LogP) is 1.64. The number of hydrogen-bond acceptors (Lipinski definition) is 3. The number of carbonyl (C=O) groups is 1. The van der Waals surface area contributed by atoms with E-state index in [0.717, 1.165) is 0 Å². The standard InChI is InChI=1S/C12H12F3NO4S/c13-6-4-8(14)11(9(15)5-6)21(19,20)16-10-3-1-2-7(10)12(17)18/h4-5,7,10,16H,1-3H2,(H,17,18). The third-order valence-corrected chi connectivity index (χ3v) is 4.91. The summed E-state index contributed by atoms with van der Waals surface area (Å²) in [6, 6.07) is -0.446. The fourth-order valence-corrected chi connectivity index (χ4v) is 3.87. The monoisotopic (exact) mass is 323 g/mol. The van der Waals surface area contributed by atoms with Crippen molar-refractivity contribution in [3.05, 3.63) is 29.6 Å². The maximum absolute atomic E-state index is 13.5. The van der Waals surface area contributed by atoms with E-state index >= 15 is 0 Å². The van der Waals surface area contributed by atoms with Crippen LogP contribution in [-0.2, 0) is 14.8 Å². The number of rotatable bonds is 4. The van der Waals surface area contributed by atoms with Crippen LogP contribution in [-0.4, -0.2) is 25.5 Å². The Bertz CT molecular complexity index is 654. The number of carboxylic acid groups (broad SMARTS) is 1. The zero-order valence-electron chi connectivity index (χ0n) is 10.6. The van der Waals surface area contributed by atoms with Crippen molar-refractivity contribution in [2.45, 2.75) is 30.2 Å². The van der Waals surface area contributed by atoms with Crippen LogP contribution in [0, 0.1) is 23.4 Å². The Kier molecular flexibility index (Phi) is 4.24. The van der Waals surface area contributed by atoms with Crippen LogP contribution in [0.25, 0.3) is 0 Å². The smallest absolute Gasteiger partial charge is 0.308 e. The number of halogens is 3. The largest absolute Gasteiger partial charge is 0.481 e. The molecule has 0 spiro atoms. The lowest BCUT2D eigenvalue weighted by atomic mass is 10.1. The van der Waals surface area contributed by atoms with E-state index in [1.165, 1.54) is 0 Å². The molecule has 21 heavy (non-hydrogen) atoms. The van der Waals surface area contributed by atoms with Gasteiger partial charge in [-0.05, 0) is 12.8 Å². The van der Waals surface area contributed by atoms with Crippen LogP contribution in [0.1, 0.15) is 19.3 Å². The molecule has 2 N–H and O–H groups in total. The van der Waals surface area contributed by atoms with Crippen LogP contribution < -0.4 is 4.72 Å². The molecular formula is C12H12F3NO4S. The third kappa shape index (κ3) is 3.18. The summed E-state index contributed by atoms with van der Waals surface area (Å²) in [5, 5.41) is 8.96. The van der Waals surface area contributed by atoms with Crippen molar-refractivity contribution in [2.75, 3.05) is 0 Å². The highest BCUT2D eigenvalue weighted by atomic mass is 32.2. The van der Waals surface area contributed by atoms with Gasteiger partial charge in [0.15, 0.2) is 4.90 Å². The number of benzene rings is 1. The van der Waals surface area contributed by atoms with Gasteiger partial charge >= 0.3 is 5.97 Å². The molecule has 116 valence electrons. The van der Waals surface area contributed by atoms with Crippen molar-refractivity contribution < 1.29 is 31.5 Å². The zero-order chi connectivity index (χ0) is 15.8. The fraction of sp³-hybridized carbons (Fsp3) is 0.417. The Morgan fingerprint density at radius 2 is 1.76 bits per heavy atom. The Balaban J connectivity index is 2.33.